The van der Waals surface area contributed by atoms with Crippen LogP contribution in [0.15, 0.2) is 11.6 Å². The van der Waals surface area contributed by atoms with E-state index in [4.69, 9.17) is 0 Å². The number of aliphatic hydroxyl groups is 6. The first-order valence-electron chi connectivity index (χ1n) is 12.9. The molecule has 3 fully saturated rings. The molecular formula is C27H44O7. The van der Waals surface area contributed by atoms with Crippen LogP contribution in [-0.4, -0.2) is 71.5 Å². The molecule has 0 aliphatic heterocycles. The third-order valence-electron chi connectivity index (χ3n) is 10.5. The van der Waals surface area contributed by atoms with Gasteiger partial charge in [0.15, 0.2) is 5.78 Å². The van der Waals surface area contributed by atoms with E-state index in [9.17, 15) is 35.4 Å². The highest BCUT2D eigenvalue weighted by molar-refractivity contribution is 5.95. The van der Waals surface area contributed by atoms with Gasteiger partial charge in [0.2, 0.25) is 0 Å². The van der Waals surface area contributed by atoms with Gasteiger partial charge < -0.3 is 30.6 Å². The first-order chi connectivity index (χ1) is 15.5. The number of carbonyl (C=O) groups is 1. The Morgan fingerprint density at radius 2 is 1.71 bits per heavy atom. The summed E-state index contributed by atoms with van der Waals surface area (Å²) in [6, 6.07) is 0. The van der Waals surface area contributed by atoms with Crippen LogP contribution in [0.4, 0.5) is 0 Å². The largest absolute Gasteiger partial charge is 0.390 e. The number of fused-ring (bicyclic) bond motifs is 5. The lowest BCUT2D eigenvalue weighted by Crippen LogP contribution is -2.62. The van der Waals surface area contributed by atoms with Crippen molar-refractivity contribution in [3.8, 4) is 0 Å². The maximum atomic E-state index is 13.2. The number of ketones is 1. The Kier molecular flexibility index (Phi) is 6.24. The van der Waals surface area contributed by atoms with Crippen molar-refractivity contribution in [2.24, 2.45) is 28.6 Å². The number of carbonyl (C=O) groups excluding carboxylic acids is 1. The highest BCUT2D eigenvalue weighted by atomic mass is 16.3. The molecule has 7 nitrogen and oxygen atoms in total. The SMILES string of the molecule is CC(C)(O)CC[C@@H](O)C(C)(O)C1CC[C@@]2(O)C3=CC(=O)C4CC(O)C(O)CC4(C)C3CCC12C. The molecule has 0 radical (unpaired) electrons. The van der Waals surface area contributed by atoms with Crippen molar-refractivity contribution in [1.82, 2.24) is 0 Å². The van der Waals surface area contributed by atoms with Gasteiger partial charge >= 0.3 is 0 Å². The summed E-state index contributed by atoms with van der Waals surface area (Å²) in [5, 5.41) is 65.5. The summed E-state index contributed by atoms with van der Waals surface area (Å²) < 4.78 is 0. The Labute approximate surface area is 202 Å². The molecule has 0 saturated heterocycles. The molecule has 0 aromatic heterocycles. The Hall–Kier alpha value is -0.830. The third kappa shape index (κ3) is 3.73. The number of hydrogen-bond donors (Lipinski definition) is 6. The zero-order chi connectivity index (χ0) is 25.5. The smallest absolute Gasteiger partial charge is 0.159 e. The van der Waals surface area contributed by atoms with Crippen LogP contribution in [0.3, 0.4) is 0 Å². The molecule has 4 aliphatic rings. The number of aliphatic hydroxyl groups excluding tert-OH is 3. The van der Waals surface area contributed by atoms with Gasteiger partial charge in [0.25, 0.3) is 0 Å². The van der Waals surface area contributed by atoms with Crippen LogP contribution >= 0.6 is 0 Å². The molecule has 4 rings (SSSR count). The Morgan fingerprint density at radius 3 is 2.32 bits per heavy atom. The fraction of sp³-hybridized carbons (Fsp3) is 0.889. The van der Waals surface area contributed by atoms with E-state index in [1.807, 2.05) is 13.8 Å². The van der Waals surface area contributed by atoms with Crippen LogP contribution < -0.4 is 0 Å². The second-order valence-corrected chi connectivity index (χ2v) is 13.2. The van der Waals surface area contributed by atoms with Gasteiger partial charge in [0, 0.05) is 11.3 Å². The lowest BCUT2D eigenvalue weighted by atomic mass is 9.45. The second-order valence-electron chi connectivity index (χ2n) is 13.2. The predicted octanol–water partition coefficient (Wildman–Crippen LogP) is 1.85. The van der Waals surface area contributed by atoms with Gasteiger partial charge in [0.05, 0.1) is 35.1 Å². The minimum Gasteiger partial charge on any atom is -0.390 e. The molecule has 194 valence electrons. The zero-order valence-corrected chi connectivity index (χ0v) is 21.3. The maximum absolute atomic E-state index is 13.2. The first-order valence-corrected chi connectivity index (χ1v) is 12.9. The minimum absolute atomic E-state index is 0.0840. The van der Waals surface area contributed by atoms with Crippen LogP contribution in [0.25, 0.3) is 0 Å². The van der Waals surface area contributed by atoms with Crippen LogP contribution in [0.2, 0.25) is 0 Å². The quantitative estimate of drug-likeness (QED) is 0.353. The molecule has 0 heterocycles. The minimum atomic E-state index is -1.46. The molecule has 0 aromatic rings. The number of rotatable bonds is 5. The highest BCUT2D eigenvalue weighted by Crippen LogP contribution is 2.68. The Bertz CT molecular complexity index is 860. The van der Waals surface area contributed by atoms with E-state index in [1.165, 1.54) is 0 Å². The van der Waals surface area contributed by atoms with Gasteiger partial charge in [-0.25, -0.2) is 0 Å². The topological polar surface area (TPSA) is 138 Å². The van der Waals surface area contributed by atoms with Gasteiger partial charge in [-0.2, -0.15) is 0 Å². The average Bonchev–Trinajstić information content (AvgIpc) is 3.00. The van der Waals surface area contributed by atoms with E-state index in [1.54, 1.807) is 26.8 Å². The molecule has 0 bridgehead atoms. The average molecular weight is 481 g/mol. The predicted molar refractivity (Wildman–Crippen MR) is 127 cm³/mol. The van der Waals surface area contributed by atoms with Crippen LogP contribution in [0.1, 0.15) is 86.0 Å². The van der Waals surface area contributed by atoms with Crippen molar-refractivity contribution >= 4 is 5.78 Å². The van der Waals surface area contributed by atoms with Crippen molar-refractivity contribution in [3.63, 3.8) is 0 Å². The van der Waals surface area contributed by atoms with E-state index in [0.717, 1.165) is 0 Å². The monoisotopic (exact) mass is 480 g/mol. The van der Waals surface area contributed by atoms with Crippen LogP contribution in [0.5, 0.6) is 0 Å². The molecule has 4 aliphatic carbocycles. The molecule has 34 heavy (non-hydrogen) atoms. The molecule has 7 heteroatoms. The van der Waals surface area contributed by atoms with E-state index >= 15 is 0 Å². The summed E-state index contributed by atoms with van der Waals surface area (Å²) in [5.41, 5.74) is -4.27. The third-order valence-corrected chi connectivity index (χ3v) is 10.5. The van der Waals surface area contributed by atoms with Crippen molar-refractivity contribution in [2.45, 2.75) is 121 Å². The molecule has 0 aromatic carbocycles. The number of hydrogen-bond acceptors (Lipinski definition) is 7. The summed E-state index contributed by atoms with van der Waals surface area (Å²) in [7, 11) is 0. The highest BCUT2D eigenvalue weighted by Gasteiger charge is 2.69. The molecule has 6 N–H and O–H groups in total. The molecule has 0 amide bonds. The van der Waals surface area contributed by atoms with Crippen molar-refractivity contribution < 1.29 is 35.4 Å². The summed E-state index contributed by atoms with van der Waals surface area (Å²) in [4.78, 5) is 13.2. The van der Waals surface area contributed by atoms with Crippen molar-refractivity contribution in [2.75, 3.05) is 0 Å². The molecular weight excluding hydrogens is 436 g/mol. The normalized spacial score (nSPS) is 47.2. The standard InChI is InChI=1S/C27H44O7/c1-23(2,32)9-8-22(31)26(5,33)21-7-11-27(34)16-12-18(28)17-13-19(29)20(30)14-24(17,3)15(16)6-10-25(21,27)4/h12,15,17,19-22,29-34H,6-11,13-14H2,1-5H3/t15?,17?,19?,20?,21?,22-,24?,25?,26?,27-/m1/s1. The van der Waals surface area contributed by atoms with Crippen LogP contribution in [-0.2, 0) is 4.79 Å². The summed E-state index contributed by atoms with van der Waals surface area (Å²) in [6.07, 6.45) is 2.11. The maximum Gasteiger partial charge on any atom is 0.159 e. The molecule has 10 atom stereocenters. The Morgan fingerprint density at radius 1 is 1.06 bits per heavy atom. The van der Waals surface area contributed by atoms with Gasteiger partial charge in [-0.3, -0.25) is 4.79 Å². The number of allylic oxidation sites excluding steroid dienone is 1. The summed E-state index contributed by atoms with van der Waals surface area (Å²) >= 11 is 0. The Balaban J connectivity index is 1.66. The van der Waals surface area contributed by atoms with E-state index in [0.29, 0.717) is 44.1 Å². The lowest BCUT2D eigenvalue weighted by Gasteiger charge is -2.60. The lowest BCUT2D eigenvalue weighted by molar-refractivity contribution is -0.177. The molecule has 3 saturated carbocycles. The first kappa shape index (κ1) is 26.2. The second kappa shape index (κ2) is 8.09. The fourth-order valence-electron chi connectivity index (χ4n) is 8.32. The fourth-order valence-corrected chi connectivity index (χ4v) is 8.32. The van der Waals surface area contributed by atoms with E-state index in [2.05, 4.69) is 0 Å². The van der Waals surface area contributed by atoms with Gasteiger partial charge in [-0.15, -0.1) is 0 Å². The van der Waals surface area contributed by atoms with Crippen LogP contribution in [0, 0.1) is 28.6 Å². The molecule has 8 unspecified atom stereocenters. The van der Waals surface area contributed by atoms with Gasteiger partial charge in [-0.1, -0.05) is 13.8 Å². The van der Waals surface area contributed by atoms with E-state index < -0.39 is 45.9 Å². The summed E-state index contributed by atoms with van der Waals surface area (Å²) in [5.74, 6) is -0.948. The van der Waals surface area contributed by atoms with Crippen molar-refractivity contribution in [1.29, 1.82) is 0 Å². The van der Waals surface area contributed by atoms with Gasteiger partial charge in [0.1, 0.15) is 0 Å². The zero-order valence-electron chi connectivity index (χ0n) is 21.3. The van der Waals surface area contributed by atoms with E-state index in [-0.39, 0.29) is 36.4 Å². The molecule has 0 spiro atoms. The summed E-state index contributed by atoms with van der Waals surface area (Å²) in [6.45, 7) is 8.96. The van der Waals surface area contributed by atoms with Crippen molar-refractivity contribution in [3.05, 3.63) is 11.6 Å². The van der Waals surface area contributed by atoms with Gasteiger partial charge in [-0.05, 0) is 101 Å².